The van der Waals surface area contributed by atoms with Crippen LogP contribution in [0.1, 0.15) is 25.0 Å². The zero-order valence-electron chi connectivity index (χ0n) is 26.1. The van der Waals surface area contributed by atoms with Crippen LogP contribution >= 0.6 is 11.8 Å². The third-order valence-electron chi connectivity index (χ3n) is 9.35. The average molecular weight is 626 g/mol. The van der Waals surface area contributed by atoms with Gasteiger partial charge in [0.15, 0.2) is 0 Å². The molecule has 0 N–H and O–H groups in total. The summed E-state index contributed by atoms with van der Waals surface area (Å²) in [5.41, 5.74) is 12.3. The molecule has 0 unspecified atom stereocenters. The summed E-state index contributed by atoms with van der Waals surface area (Å²) in [6.07, 6.45) is 2.03. The topological polar surface area (TPSA) is 37.2 Å². The Labute approximate surface area is 278 Å². The van der Waals surface area contributed by atoms with Crippen molar-refractivity contribution in [1.82, 2.24) is 15.0 Å². The van der Waals surface area contributed by atoms with Gasteiger partial charge in [0.25, 0.3) is 0 Å². The second-order valence-electron chi connectivity index (χ2n) is 12.5. The van der Waals surface area contributed by atoms with Gasteiger partial charge in [-0.05, 0) is 71.8 Å². The smallest absolute Gasteiger partial charge is 0.113 e. The van der Waals surface area contributed by atoms with E-state index in [1.54, 1.807) is 0 Å². The van der Waals surface area contributed by atoms with Crippen LogP contribution in [-0.4, -0.2) is 15.0 Å². The number of aromatic nitrogens is 3. The van der Waals surface area contributed by atoms with Crippen LogP contribution < -0.4 is 9.80 Å². The van der Waals surface area contributed by atoms with Crippen molar-refractivity contribution in [2.75, 3.05) is 9.80 Å². The summed E-state index contributed by atoms with van der Waals surface area (Å²) in [6, 6.07) is 51.7. The van der Waals surface area contributed by atoms with Crippen molar-refractivity contribution >= 4 is 45.9 Å². The van der Waals surface area contributed by atoms with E-state index in [0.29, 0.717) is 0 Å². The number of hydrogen-bond acceptors (Lipinski definition) is 5. The molecule has 9 rings (SSSR count). The molecule has 6 aromatic carbocycles. The summed E-state index contributed by atoms with van der Waals surface area (Å²) < 4.78 is 1.89. The van der Waals surface area contributed by atoms with Crippen LogP contribution in [0.4, 0.5) is 34.1 Å². The first-order valence-corrected chi connectivity index (χ1v) is 16.7. The molecule has 0 bridgehead atoms. The van der Waals surface area contributed by atoms with Gasteiger partial charge in [-0.3, -0.25) is 0 Å². The minimum atomic E-state index is -0.0877. The molecule has 0 atom stereocenters. The summed E-state index contributed by atoms with van der Waals surface area (Å²) in [4.78, 5) is 7.16. The van der Waals surface area contributed by atoms with Crippen LogP contribution in [0.5, 0.6) is 0 Å². The second-order valence-corrected chi connectivity index (χ2v) is 13.5. The lowest BCUT2D eigenvalue weighted by atomic mass is 9.73. The number of rotatable bonds is 4. The summed E-state index contributed by atoms with van der Waals surface area (Å²) in [6.45, 7) is 4.63. The first-order valence-electron chi connectivity index (χ1n) is 15.9. The number of anilines is 6. The molecule has 0 saturated carbocycles. The van der Waals surface area contributed by atoms with Crippen LogP contribution in [0.25, 0.3) is 16.9 Å². The van der Waals surface area contributed by atoms with E-state index in [4.69, 9.17) is 0 Å². The Kier molecular flexibility index (Phi) is 6.34. The third kappa shape index (κ3) is 4.40. The molecule has 0 aliphatic carbocycles. The monoisotopic (exact) mass is 625 g/mol. The predicted octanol–water partition coefficient (Wildman–Crippen LogP) is 11.0. The quantitative estimate of drug-likeness (QED) is 0.194. The molecule has 0 amide bonds. The van der Waals surface area contributed by atoms with Gasteiger partial charge in [0.1, 0.15) is 5.69 Å². The van der Waals surface area contributed by atoms with Gasteiger partial charge in [0, 0.05) is 26.5 Å². The summed E-state index contributed by atoms with van der Waals surface area (Å²) in [5, 5.41) is 9.29. The Hall–Kier alpha value is -5.59. The molecule has 1 aromatic heterocycles. The van der Waals surface area contributed by atoms with Crippen molar-refractivity contribution in [3.05, 3.63) is 163 Å². The van der Waals surface area contributed by atoms with Crippen LogP contribution in [0, 0.1) is 0 Å². The lowest BCUT2D eigenvalue weighted by molar-refractivity contribution is 0.632. The van der Waals surface area contributed by atoms with E-state index in [0.717, 1.165) is 39.7 Å². The van der Waals surface area contributed by atoms with Gasteiger partial charge in [-0.15, -0.1) is 5.10 Å². The van der Waals surface area contributed by atoms with Crippen molar-refractivity contribution < 1.29 is 0 Å². The minimum absolute atomic E-state index is 0.0877. The van der Waals surface area contributed by atoms with Crippen molar-refractivity contribution in [1.29, 1.82) is 0 Å². The molecule has 0 saturated heterocycles. The summed E-state index contributed by atoms with van der Waals surface area (Å²) in [7, 11) is 0. The molecule has 0 fully saturated rings. The van der Waals surface area contributed by atoms with Gasteiger partial charge >= 0.3 is 0 Å². The molecule has 47 heavy (non-hydrogen) atoms. The Bertz CT molecular complexity index is 2190. The van der Waals surface area contributed by atoms with E-state index in [-0.39, 0.29) is 5.41 Å². The zero-order valence-corrected chi connectivity index (χ0v) is 26.9. The lowest BCUT2D eigenvalue weighted by Gasteiger charge is -2.42. The molecule has 5 nitrogen and oxygen atoms in total. The highest BCUT2D eigenvalue weighted by Gasteiger charge is 2.36. The Balaban J connectivity index is 1.09. The van der Waals surface area contributed by atoms with Crippen LogP contribution in [0.2, 0.25) is 0 Å². The molecule has 6 heteroatoms. The minimum Gasteiger partial charge on any atom is -0.310 e. The fourth-order valence-electron chi connectivity index (χ4n) is 7.05. The molecule has 2 aliphatic heterocycles. The maximum Gasteiger partial charge on any atom is 0.113 e. The highest BCUT2D eigenvalue weighted by Crippen LogP contribution is 2.53. The van der Waals surface area contributed by atoms with E-state index in [9.17, 15) is 0 Å². The zero-order chi connectivity index (χ0) is 31.5. The average Bonchev–Trinajstić information content (AvgIpc) is 3.62. The van der Waals surface area contributed by atoms with E-state index in [1.165, 1.54) is 32.3 Å². The number of nitrogens with zero attached hydrogens (tertiary/aromatic N) is 5. The molecular weight excluding hydrogens is 595 g/mol. The summed E-state index contributed by atoms with van der Waals surface area (Å²) >= 11 is 1.81. The van der Waals surface area contributed by atoms with Crippen molar-refractivity contribution in [3.8, 4) is 16.9 Å². The van der Waals surface area contributed by atoms with E-state index in [2.05, 4.69) is 180 Å². The van der Waals surface area contributed by atoms with E-state index < -0.39 is 0 Å². The van der Waals surface area contributed by atoms with Crippen molar-refractivity contribution in [2.24, 2.45) is 0 Å². The molecule has 2 aliphatic rings. The first-order chi connectivity index (χ1) is 23.1. The molecule has 226 valence electrons. The SMILES string of the molecule is CC1(C)c2ccccc2N(c2ccc(-c3cn(-c4ccccc4N4c5ccccc5Sc5ccccc54)nn3)cc2)c2ccccc21. The van der Waals surface area contributed by atoms with E-state index in [1.807, 2.05) is 22.6 Å². The van der Waals surface area contributed by atoms with Gasteiger partial charge in [-0.1, -0.05) is 116 Å². The van der Waals surface area contributed by atoms with Crippen molar-refractivity contribution in [3.63, 3.8) is 0 Å². The van der Waals surface area contributed by atoms with Gasteiger partial charge < -0.3 is 9.80 Å². The van der Waals surface area contributed by atoms with Gasteiger partial charge in [-0.25, -0.2) is 4.68 Å². The second kappa shape index (κ2) is 10.7. The Morgan fingerprint density at radius 2 is 0.979 bits per heavy atom. The van der Waals surface area contributed by atoms with Gasteiger partial charge in [-0.2, -0.15) is 0 Å². The van der Waals surface area contributed by atoms with Gasteiger partial charge in [0.2, 0.25) is 0 Å². The standard InChI is InChI=1S/C41H31N5S/c1-41(2)30-13-3-5-15-33(30)45(34-16-6-4-14-31(34)41)29-25-23-28(24-26-29)32-27-44(43-42-32)35-17-7-8-18-36(35)46-37-19-9-11-21-39(37)47-40-22-12-10-20-38(40)46/h3-27H,1-2H3. The summed E-state index contributed by atoms with van der Waals surface area (Å²) in [5.74, 6) is 0. The van der Waals surface area contributed by atoms with E-state index >= 15 is 0 Å². The molecule has 3 heterocycles. The molecule has 0 radical (unpaired) electrons. The molecule has 7 aromatic rings. The molecular formula is C41H31N5S. The maximum atomic E-state index is 4.65. The largest absolute Gasteiger partial charge is 0.310 e. The fourth-order valence-corrected chi connectivity index (χ4v) is 8.11. The Morgan fingerprint density at radius 1 is 0.489 bits per heavy atom. The number of para-hydroxylation sites is 6. The lowest BCUT2D eigenvalue weighted by Crippen LogP contribution is -2.30. The molecule has 0 spiro atoms. The highest BCUT2D eigenvalue weighted by atomic mass is 32.2. The van der Waals surface area contributed by atoms with Crippen LogP contribution in [-0.2, 0) is 5.41 Å². The van der Waals surface area contributed by atoms with Crippen molar-refractivity contribution in [2.45, 2.75) is 29.1 Å². The number of benzene rings is 6. The fraction of sp³-hybridized carbons (Fsp3) is 0.0732. The third-order valence-corrected chi connectivity index (χ3v) is 10.5. The van der Waals surface area contributed by atoms with Crippen LogP contribution in [0.3, 0.4) is 0 Å². The predicted molar refractivity (Wildman–Crippen MR) is 192 cm³/mol. The number of hydrogen-bond donors (Lipinski definition) is 0. The maximum absolute atomic E-state index is 4.65. The first kappa shape index (κ1) is 27.7. The number of fused-ring (bicyclic) bond motifs is 4. The highest BCUT2D eigenvalue weighted by molar-refractivity contribution is 7.99. The normalized spacial score (nSPS) is 14.2. The Morgan fingerprint density at radius 3 is 1.57 bits per heavy atom. The van der Waals surface area contributed by atoms with Crippen LogP contribution in [0.15, 0.2) is 162 Å². The van der Waals surface area contributed by atoms with Gasteiger partial charge in [0.05, 0.1) is 40.3 Å².